The fourth-order valence-electron chi connectivity index (χ4n) is 4.80. The maximum Gasteiger partial charge on any atom is 0.234 e. The molecular weight excluding hydrogens is 402 g/mol. The fraction of sp³-hybridized carbons (Fsp3) is 0.545. The van der Waals surface area contributed by atoms with Crippen molar-refractivity contribution in [2.24, 2.45) is 0 Å². The molecule has 0 aliphatic carbocycles. The summed E-state index contributed by atoms with van der Waals surface area (Å²) in [5.41, 5.74) is 1.49. The van der Waals surface area contributed by atoms with E-state index in [1.807, 2.05) is 36.4 Å². The zero-order chi connectivity index (χ0) is 21.4. The van der Waals surface area contributed by atoms with Crippen LogP contribution in [0.25, 0.3) is 10.9 Å². The highest BCUT2D eigenvalue weighted by atomic mass is 19.2. The van der Waals surface area contributed by atoms with Crippen LogP contribution in [-0.4, -0.2) is 72.8 Å². The van der Waals surface area contributed by atoms with E-state index in [9.17, 15) is 13.6 Å². The Bertz CT molecular complexity index is 929. The minimum atomic E-state index is -1.53. The molecule has 3 aliphatic rings. The smallest absolute Gasteiger partial charge is 0.234 e. The van der Waals surface area contributed by atoms with E-state index in [2.05, 4.69) is 21.3 Å². The second-order valence-electron chi connectivity index (χ2n) is 8.66. The van der Waals surface area contributed by atoms with E-state index < -0.39 is 30.7 Å². The molecule has 0 spiro atoms. The minimum Gasteiger partial charge on any atom is -0.327 e. The molecule has 0 saturated carbocycles. The topological polar surface area (TPSA) is 81.3 Å². The number of nitrogens with one attached hydrogen (secondary N) is 4. The number of alkyl halides is 2. The van der Waals surface area contributed by atoms with Gasteiger partial charge in [-0.15, -0.1) is 0 Å². The van der Waals surface area contributed by atoms with Gasteiger partial charge in [-0.2, -0.15) is 0 Å². The average molecular weight is 431 g/mol. The van der Waals surface area contributed by atoms with Gasteiger partial charge in [0.25, 0.3) is 0 Å². The quantitative estimate of drug-likeness (QED) is 0.579. The van der Waals surface area contributed by atoms with E-state index in [1.54, 1.807) is 4.90 Å². The number of fused-ring (bicyclic) bond motifs is 1. The Morgan fingerprint density at radius 1 is 1.10 bits per heavy atom. The van der Waals surface area contributed by atoms with Crippen molar-refractivity contribution >= 4 is 16.8 Å². The van der Waals surface area contributed by atoms with E-state index in [0.717, 1.165) is 36.8 Å². The van der Waals surface area contributed by atoms with Crippen LogP contribution >= 0.6 is 0 Å². The molecule has 1 amide bonds. The third-order valence-corrected chi connectivity index (χ3v) is 6.46. The fourth-order valence-corrected chi connectivity index (χ4v) is 4.80. The summed E-state index contributed by atoms with van der Waals surface area (Å²) in [4.78, 5) is 19.6. The zero-order valence-corrected chi connectivity index (χ0v) is 17.2. The molecule has 1 aromatic carbocycles. The SMILES string of the molecule is O=C1NC(N2CC(F)[C@@H](F)C2)NC(N[C@@H]2CCCNC2)C1c1ccc2ccccc2n1. The Balaban J connectivity index is 1.42. The number of halogens is 2. The lowest BCUT2D eigenvalue weighted by Crippen LogP contribution is -2.70. The largest absolute Gasteiger partial charge is 0.327 e. The number of likely N-dealkylation sites (tertiary alicyclic amines) is 1. The van der Waals surface area contributed by atoms with E-state index >= 15 is 0 Å². The van der Waals surface area contributed by atoms with Gasteiger partial charge >= 0.3 is 0 Å². The van der Waals surface area contributed by atoms with Crippen LogP contribution in [0.3, 0.4) is 0 Å². The summed E-state index contributed by atoms with van der Waals surface area (Å²) in [5.74, 6) is -0.766. The van der Waals surface area contributed by atoms with Crippen LogP contribution in [0.15, 0.2) is 36.4 Å². The van der Waals surface area contributed by atoms with Crippen molar-refractivity contribution in [1.82, 2.24) is 31.2 Å². The lowest BCUT2D eigenvalue weighted by Gasteiger charge is -2.42. The molecule has 0 bridgehead atoms. The summed E-state index contributed by atoms with van der Waals surface area (Å²) in [7, 11) is 0. The molecule has 1 aromatic heterocycles. The van der Waals surface area contributed by atoms with Crippen molar-refractivity contribution in [3.05, 3.63) is 42.1 Å². The van der Waals surface area contributed by atoms with Gasteiger partial charge in [0, 0.05) is 31.1 Å². The summed E-state index contributed by atoms with van der Waals surface area (Å²) >= 11 is 0. The standard InChI is InChI=1S/C22H28F2N6O/c23-15-11-30(12-16(15)24)22-28-20(26-14-5-3-9-25-10-14)19(21(31)29-22)18-8-7-13-4-1-2-6-17(13)27-18/h1-2,4,6-8,14-16,19-20,22,25-26,28H,3,5,9-12H2,(H,29,31)/t14-,15+,16?,19?,20?,22?/m1/s1. The zero-order valence-electron chi connectivity index (χ0n) is 17.2. The number of carbonyl (C=O) groups excluding carboxylic acids is 1. The van der Waals surface area contributed by atoms with Crippen molar-refractivity contribution in [2.45, 2.75) is 49.6 Å². The van der Waals surface area contributed by atoms with Crippen LogP contribution < -0.4 is 21.3 Å². The number of para-hydroxylation sites is 1. The van der Waals surface area contributed by atoms with Crippen molar-refractivity contribution in [3.63, 3.8) is 0 Å². The number of benzene rings is 1. The van der Waals surface area contributed by atoms with Crippen LogP contribution in [0.2, 0.25) is 0 Å². The molecular formula is C22H28F2N6O. The molecule has 4 N–H and O–H groups in total. The molecule has 3 fully saturated rings. The average Bonchev–Trinajstić information content (AvgIpc) is 3.12. The van der Waals surface area contributed by atoms with Gasteiger partial charge in [0.05, 0.1) is 17.4 Å². The lowest BCUT2D eigenvalue weighted by atomic mass is 9.95. The minimum absolute atomic E-state index is 0.0459. The van der Waals surface area contributed by atoms with Crippen molar-refractivity contribution in [1.29, 1.82) is 0 Å². The molecule has 0 radical (unpaired) electrons. The second kappa shape index (κ2) is 8.74. The number of nitrogens with zero attached hydrogens (tertiary/aromatic N) is 2. The van der Waals surface area contributed by atoms with Gasteiger partial charge in [-0.25, -0.2) is 8.78 Å². The number of rotatable bonds is 4. The van der Waals surface area contributed by atoms with E-state index in [-0.39, 0.29) is 25.0 Å². The number of hydrogen-bond acceptors (Lipinski definition) is 6. The summed E-state index contributed by atoms with van der Waals surface area (Å²) in [6.07, 6.45) is -2.05. The Kier molecular flexibility index (Phi) is 5.83. The van der Waals surface area contributed by atoms with E-state index in [1.165, 1.54) is 0 Å². The lowest BCUT2D eigenvalue weighted by molar-refractivity contribution is -0.129. The molecule has 7 nitrogen and oxygen atoms in total. The Morgan fingerprint density at radius 3 is 2.68 bits per heavy atom. The third-order valence-electron chi connectivity index (χ3n) is 6.46. The van der Waals surface area contributed by atoms with E-state index in [4.69, 9.17) is 4.98 Å². The summed E-state index contributed by atoms with van der Waals surface area (Å²) in [6.45, 7) is 1.70. The molecule has 5 rings (SSSR count). The first-order chi connectivity index (χ1) is 15.1. The summed E-state index contributed by atoms with van der Waals surface area (Å²) in [6, 6.07) is 11.8. The molecule has 166 valence electrons. The number of carbonyl (C=O) groups is 1. The number of aromatic nitrogens is 1. The molecule has 4 heterocycles. The highest BCUT2D eigenvalue weighted by Crippen LogP contribution is 2.26. The molecule has 3 aliphatic heterocycles. The van der Waals surface area contributed by atoms with Gasteiger partial charge in [0.1, 0.15) is 24.6 Å². The van der Waals surface area contributed by atoms with Crippen molar-refractivity contribution < 1.29 is 13.6 Å². The van der Waals surface area contributed by atoms with Crippen LogP contribution in [0.5, 0.6) is 0 Å². The summed E-state index contributed by atoms with van der Waals surface area (Å²) in [5, 5.41) is 14.3. The van der Waals surface area contributed by atoms with E-state index in [0.29, 0.717) is 5.69 Å². The molecule has 4 unspecified atom stereocenters. The number of hydrogen-bond donors (Lipinski definition) is 4. The molecule has 2 aromatic rings. The van der Waals surface area contributed by atoms with Gasteiger partial charge in [-0.05, 0) is 31.5 Å². The molecule has 6 atom stereocenters. The maximum absolute atomic E-state index is 13.8. The van der Waals surface area contributed by atoms with Crippen LogP contribution in [-0.2, 0) is 4.79 Å². The van der Waals surface area contributed by atoms with Gasteiger partial charge in [0.2, 0.25) is 5.91 Å². The second-order valence-corrected chi connectivity index (χ2v) is 8.66. The summed E-state index contributed by atoms with van der Waals surface area (Å²) < 4.78 is 27.6. The maximum atomic E-state index is 13.8. The third kappa shape index (κ3) is 4.27. The Labute approximate surface area is 180 Å². The van der Waals surface area contributed by atoms with Crippen LogP contribution in [0.1, 0.15) is 24.5 Å². The first-order valence-electron chi connectivity index (χ1n) is 11.0. The monoisotopic (exact) mass is 430 g/mol. The van der Waals surface area contributed by atoms with Gasteiger partial charge < -0.3 is 10.6 Å². The molecule has 31 heavy (non-hydrogen) atoms. The van der Waals surface area contributed by atoms with Gasteiger partial charge in [-0.3, -0.25) is 25.3 Å². The Morgan fingerprint density at radius 2 is 1.90 bits per heavy atom. The highest BCUT2D eigenvalue weighted by Gasteiger charge is 2.44. The van der Waals surface area contributed by atoms with Gasteiger partial charge in [-0.1, -0.05) is 24.3 Å². The number of amides is 1. The van der Waals surface area contributed by atoms with Crippen LogP contribution in [0, 0.1) is 0 Å². The Hall–Kier alpha value is -2.20. The predicted molar refractivity (Wildman–Crippen MR) is 114 cm³/mol. The first-order valence-corrected chi connectivity index (χ1v) is 11.0. The highest BCUT2D eigenvalue weighted by molar-refractivity contribution is 5.86. The number of piperidine rings is 1. The van der Waals surface area contributed by atoms with Crippen molar-refractivity contribution in [2.75, 3.05) is 26.2 Å². The molecule has 9 heteroatoms. The normalized spacial score (nSPS) is 34.7. The first kappa shape index (κ1) is 20.7. The number of pyridine rings is 1. The van der Waals surface area contributed by atoms with Crippen molar-refractivity contribution in [3.8, 4) is 0 Å². The predicted octanol–water partition coefficient (Wildman–Crippen LogP) is 0.981. The molecule has 3 saturated heterocycles. The van der Waals surface area contributed by atoms with Gasteiger partial charge in [0.15, 0.2) is 0 Å². The van der Waals surface area contributed by atoms with Crippen LogP contribution in [0.4, 0.5) is 8.78 Å².